The molecule has 2 saturated carbocycles. The van der Waals surface area contributed by atoms with Crippen molar-refractivity contribution in [2.45, 2.75) is 37.4 Å². The minimum absolute atomic E-state index is 0.485. The summed E-state index contributed by atoms with van der Waals surface area (Å²) >= 11 is 0. The van der Waals surface area contributed by atoms with Gasteiger partial charge in [0.25, 0.3) is 0 Å². The number of fused-ring (bicyclic) bond motifs is 2. The second-order valence-corrected chi connectivity index (χ2v) is 5.73. The summed E-state index contributed by atoms with van der Waals surface area (Å²) in [7, 11) is -4.25. The lowest BCUT2D eigenvalue weighted by atomic mass is 9.89. The maximum absolute atomic E-state index is 12.6. The van der Waals surface area contributed by atoms with Crippen molar-refractivity contribution in [1.29, 1.82) is 0 Å². The Morgan fingerprint density at radius 1 is 1.00 bits per heavy atom. The molecule has 3 atom stereocenters. The normalized spacial score (nSPS) is 41.6. The first-order valence-corrected chi connectivity index (χ1v) is 5.94. The molecule has 0 aliphatic heterocycles. The van der Waals surface area contributed by atoms with Gasteiger partial charge in [0.05, 0.1) is 5.25 Å². The Morgan fingerprint density at radius 3 is 1.92 bits per heavy atom. The Balaban J connectivity index is 2.13. The Bertz CT molecular complexity index is 261. The van der Waals surface area contributed by atoms with Crippen LogP contribution in [-0.2, 0) is 10.2 Å². The van der Waals surface area contributed by atoms with E-state index in [0.29, 0.717) is 24.7 Å². The Labute approximate surface area is 72.4 Å². The molecule has 0 amide bonds. The van der Waals surface area contributed by atoms with Gasteiger partial charge in [-0.05, 0) is 31.1 Å². The molecule has 0 heterocycles. The molecule has 12 heavy (non-hydrogen) atoms. The summed E-state index contributed by atoms with van der Waals surface area (Å²) in [5.74, 6) is 0.971. The molecule has 0 radical (unpaired) electrons. The van der Waals surface area contributed by atoms with Crippen molar-refractivity contribution in [3.8, 4) is 0 Å². The third-order valence-electron chi connectivity index (χ3n) is 3.24. The van der Waals surface area contributed by atoms with Gasteiger partial charge >= 0.3 is 10.2 Å². The number of halogens is 1. The van der Waals surface area contributed by atoms with Crippen LogP contribution in [0.5, 0.6) is 0 Å². The molecule has 2 aliphatic carbocycles. The summed E-state index contributed by atoms with van der Waals surface area (Å²) in [5.41, 5.74) is 0. The van der Waals surface area contributed by atoms with Crippen LogP contribution in [0.15, 0.2) is 0 Å². The molecule has 0 saturated heterocycles. The van der Waals surface area contributed by atoms with Crippen molar-refractivity contribution in [3.05, 3.63) is 0 Å². The average Bonchev–Trinajstić information content (AvgIpc) is 2.28. The fourth-order valence-electron chi connectivity index (χ4n) is 2.68. The van der Waals surface area contributed by atoms with Gasteiger partial charge < -0.3 is 0 Å². The maximum Gasteiger partial charge on any atom is 0.305 e. The van der Waals surface area contributed by atoms with Crippen molar-refractivity contribution in [2.75, 3.05) is 0 Å². The third kappa shape index (κ3) is 1.49. The van der Waals surface area contributed by atoms with Crippen LogP contribution in [0.2, 0.25) is 0 Å². The Hall–Kier alpha value is -0.120. The van der Waals surface area contributed by atoms with E-state index >= 15 is 0 Å². The van der Waals surface area contributed by atoms with E-state index in [1.807, 2.05) is 0 Å². The first-order valence-electron chi connectivity index (χ1n) is 4.49. The van der Waals surface area contributed by atoms with Gasteiger partial charge in [-0.25, -0.2) is 0 Å². The summed E-state index contributed by atoms with van der Waals surface area (Å²) in [6.07, 6.45) is 4.48. The van der Waals surface area contributed by atoms with E-state index in [2.05, 4.69) is 0 Å². The quantitative estimate of drug-likeness (QED) is 0.594. The van der Waals surface area contributed by atoms with Gasteiger partial charge in [0.15, 0.2) is 0 Å². The van der Waals surface area contributed by atoms with Crippen molar-refractivity contribution in [2.24, 2.45) is 11.8 Å². The summed E-state index contributed by atoms with van der Waals surface area (Å²) in [6.45, 7) is 0. The smallest absolute Gasteiger partial charge is 0.195 e. The number of hydrogen-bond acceptors (Lipinski definition) is 2. The van der Waals surface area contributed by atoms with Crippen molar-refractivity contribution >= 4 is 10.2 Å². The second-order valence-electron chi connectivity index (χ2n) is 4.11. The van der Waals surface area contributed by atoms with E-state index in [-0.39, 0.29) is 0 Å². The van der Waals surface area contributed by atoms with Gasteiger partial charge in [0, 0.05) is 0 Å². The zero-order valence-electron chi connectivity index (χ0n) is 6.87. The minimum atomic E-state index is -4.25. The zero-order valence-corrected chi connectivity index (χ0v) is 7.69. The van der Waals surface area contributed by atoms with E-state index in [9.17, 15) is 12.3 Å². The predicted octanol–water partition coefficient (Wildman–Crippen LogP) is 1.86. The third-order valence-corrected chi connectivity index (χ3v) is 4.42. The highest BCUT2D eigenvalue weighted by molar-refractivity contribution is 7.87. The number of hydrogen-bond donors (Lipinski definition) is 0. The summed E-state index contributed by atoms with van der Waals surface area (Å²) < 4.78 is 33.9. The number of rotatable bonds is 1. The Morgan fingerprint density at radius 2 is 1.50 bits per heavy atom. The van der Waals surface area contributed by atoms with Gasteiger partial charge in [-0.2, -0.15) is 8.42 Å². The summed E-state index contributed by atoms with van der Waals surface area (Å²) in [4.78, 5) is 0. The molecule has 4 heteroatoms. The molecule has 2 fully saturated rings. The van der Waals surface area contributed by atoms with Gasteiger partial charge in [-0.3, -0.25) is 0 Å². The van der Waals surface area contributed by atoms with E-state index in [4.69, 9.17) is 0 Å². The fourth-order valence-corrected chi connectivity index (χ4v) is 3.68. The predicted molar refractivity (Wildman–Crippen MR) is 43.9 cm³/mol. The van der Waals surface area contributed by atoms with Crippen LogP contribution in [0, 0.1) is 11.8 Å². The van der Waals surface area contributed by atoms with E-state index < -0.39 is 15.5 Å². The first-order chi connectivity index (χ1) is 5.55. The molecule has 2 bridgehead atoms. The molecule has 0 aromatic carbocycles. The molecular formula is C8H13FO2S. The van der Waals surface area contributed by atoms with Crippen molar-refractivity contribution in [1.82, 2.24) is 0 Å². The maximum atomic E-state index is 12.6. The molecule has 0 aromatic heterocycles. The van der Waals surface area contributed by atoms with E-state index in [1.165, 1.54) is 0 Å². The topological polar surface area (TPSA) is 34.1 Å². The van der Waals surface area contributed by atoms with Crippen molar-refractivity contribution < 1.29 is 12.3 Å². The molecule has 0 spiro atoms. The molecule has 70 valence electrons. The summed E-state index contributed by atoms with van der Waals surface area (Å²) in [5, 5.41) is -0.677. The van der Waals surface area contributed by atoms with E-state index in [0.717, 1.165) is 19.3 Å². The zero-order chi connectivity index (χ0) is 8.77. The van der Waals surface area contributed by atoms with E-state index in [1.54, 1.807) is 0 Å². The monoisotopic (exact) mass is 192 g/mol. The van der Waals surface area contributed by atoms with Crippen LogP contribution in [0.4, 0.5) is 3.89 Å². The highest BCUT2D eigenvalue weighted by Gasteiger charge is 2.39. The fraction of sp³-hybridized carbons (Fsp3) is 1.00. The molecule has 2 rings (SSSR count). The first kappa shape index (κ1) is 8.48. The van der Waals surface area contributed by atoms with Crippen LogP contribution >= 0.6 is 0 Å². The lowest BCUT2D eigenvalue weighted by Gasteiger charge is -2.24. The Kier molecular flexibility index (Phi) is 1.90. The van der Waals surface area contributed by atoms with Crippen molar-refractivity contribution in [3.63, 3.8) is 0 Å². The average molecular weight is 192 g/mol. The highest BCUT2D eigenvalue weighted by Crippen LogP contribution is 2.44. The minimum Gasteiger partial charge on any atom is -0.195 e. The van der Waals surface area contributed by atoms with Gasteiger partial charge in [0.2, 0.25) is 0 Å². The largest absolute Gasteiger partial charge is 0.305 e. The summed E-state index contributed by atoms with van der Waals surface area (Å²) in [6, 6.07) is 0. The molecule has 2 aliphatic rings. The SMILES string of the molecule is O=S(=O)(F)C1C[C@H]2CC[C@@H](C1)C2. The van der Waals surface area contributed by atoms with Crippen LogP contribution in [-0.4, -0.2) is 13.7 Å². The highest BCUT2D eigenvalue weighted by atomic mass is 32.3. The standard InChI is InChI=1S/C8H13FO2S/c9-12(10,11)8-4-6-1-2-7(3-6)5-8/h6-8H,1-5H2/t6-,7+,8?. The van der Waals surface area contributed by atoms with Crippen LogP contribution in [0.25, 0.3) is 0 Å². The molecule has 0 N–H and O–H groups in total. The molecule has 0 aromatic rings. The van der Waals surface area contributed by atoms with Gasteiger partial charge in [-0.1, -0.05) is 12.8 Å². The van der Waals surface area contributed by atoms with Gasteiger partial charge in [-0.15, -0.1) is 3.89 Å². The lowest BCUT2D eigenvalue weighted by molar-refractivity contribution is 0.351. The van der Waals surface area contributed by atoms with Gasteiger partial charge in [0.1, 0.15) is 0 Å². The molecule has 1 unspecified atom stereocenters. The van der Waals surface area contributed by atoms with Crippen LogP contribution in [0.3, 0.4) is 0 Å². The van der Waals surface area contributed by atoms with Crippen LogP contribution < -0.4 is 0 Å². The second kappa shape index (κ2) is 2.69. The molecule has 2 nitrogen and oxygen atoms in total. The van der Waals surface area contributed by atoms with Crippen LogP contribution in [0.1, 0.15) is 32.1 Å². The lowest BCUT2D eigenvalue weighted by Crippen LogP contribution is -2.26. The molecular weight excluding hydrogens is 179 g/mol.